The first-order chi connectivity index (χ1) is 7.45. The van der Waals surface area contributed by atoms with Crippen molar-refractivity contribution in [3.8, 4) is 0 Å². The predicted octanol–water partition coefficient (Wildman–Crippen LogP) is 0.450. The van der Waals surface area contributed by atoms with E-state index < -0.39 is 0 Å². The fourth-order valence-corrected chi connectivity index (χ4v) is 2.16. The van der Waals surface area contributed by atoms with Gasteiger partial charge in [0.25, 0.3) is 0 Å². The number of para-hydroxylation sites is 1. The van der Waals surface area contributed by atoms with E-state index in [1.807, 2.05) is 12.3 Å². The first-order valence-corrected chi connectivity index (χ1v) is 5.35. The molecule has 15 heavy (non-hydrogen) atoms. The van der Waals surface area contributed by atoms with Crippen molar-refractivity contribution < 1.29 is 5.01 Å². The number of nitrogens with one attached hydrogen (secondary N) is 2. The van der Waals surface area contributed by atoms with Gasteiger partial charge in [0.2, 0.25) is 0 Å². The SMILES string of the molecule is C1=N[NH+](c2ccccc2)C2=C1CNCC2. The summed E-state index contributed by atoms with van der Waals surface area (Å²) in [5.74, 6) is 0. The first-order valence-electron chi connectivity index (χ1n) is 5.35. The van der Waals surface area contributed by atoms with Gasteiger partial charge in [-0.05, 0) is 0 Å². The molecule has 2 aliphatic heterocycles. The molecule has 0 saturated heterocycles. The Morgan fingerprint density at radius 2 is 2.07 bits per heavy atom. The van der Waals surface area contributed by atoms with Crippen LogP contribution in [0.5, 0.6) is 0 Å². The molecule has 3 rings (SSSR count). The molecule has 1 atom stereocenters. The van der Waals surface area contributed by atoms with Crippen LogP contribution in [-0.4, -0.2) is 19.3 Å². The van der Waals surface area contributed by atoms with Crippen LogP contribution in [0.15, 0.2) is 46.7 Å². The summed E-state index contributed by atoms with van der Waals surface area (Å²) in [5, 5.41) is 9.07. The van der Waals surface area contributed by atoms with Crippen LogP contribution in [0.1, 0.15) is 6.42 Å². The van der Waals surface area contributed by atoms with Gasteiger partial charge >= 0.3 is 0 Å². The second-order valence-corrected chi connectivity index (χ2v) is 3.90. The summed E-state index contributed by atoms with van der Waals surface area (Å²) in [5.41, 5.74) is 4.03. The molecule has 0 aromatic heterocycles. The minimum atomic E-state index is 0.967. The largest absolute Gasteiger partial charge is 0.312 e. The molecule has 0 aliphatic carbocycles. The van der Waals surface area contributed by atoms with E-state index in [1.54, 1.807) is 0 Å². The molecule has 0 spiro atoms. The molecule has 1 aromatic carbocycles. The third-order valence-electron chi connectivity index (χ3n) is 2.94. The number of hydrogen-bond acceptors (Lipinski definition) is 2. The highest BCUT2D eigenvalue weighted by Crippen LogP contribution is 2.12. The van der Waals surface area contributed by atoms with Crippen molar-refractivity contribution in [3.63, 3.8) is 0 Å². The molecular formula is C12H14N3+. The Morgan fingerprint density at radius 3 is 2.93 bits per heavy atom. The highest BCUT2D eigenvalue weighted by molar-refractivity contribution is 5.81. The van der Waals surface area contributed by atoms with E-state index in [-0.39, 0.29) is 0 Å². The van der Waals surface area contributed by atoms with Crippen molar-refractivity contribution >= 4 is 11.9 Å². The van der Waals surface area contributed by atoms with Gasteiger partial charge in [0, 0.05) is 37.2 Å². The minimum Gasteiger partial charge on any atom is -0.312 e. The van der Waals surface area contributed by atoms with Gasteiger partial charge in [0.1, 0.15) is 5.70 Å². The van der Waals surface area contributed by atoms with E-state index in [0.29, 0.717) is 0 Å². The van der Waals surface area contributed by atoms with Gasteiger partial charge in [-0.1, -0.05) is 23.3 Å². The molecule has 2 heterocycles. The molecule has 76 valence electrons. The first kappa shape index (κ1) is 8.83. The van der Waals surface area contributed by atoms with Crippen LogP contribution in [-0.2, 0) is 0 Å². The molecule has 3 heteroatoms. The highest BCUT2D eigenvalue weighted by Gasteiger charge is 2.28. The number of quaternary nitrogens is 1. The Hall–Kier alpha value is -1.45. The number of nitrogens with zero attached hydrogens (tertiary/aromatic N) is 1. The summed E-state index contributed by atoms with van der Waals surface area (Å²) in [4.78, 5) is 0. The fraction of sp³-hybridized carbons (Fsp3) is 0.250. The maximum absolute atomic E-state index is 4.53. The van der Waals surface area contributed by atoms with Crippen molar-refractivity contribution in [2.45, 2.75) is 6.42 Å². The number of rotatable bonds is 1. The van der Waals surface area contributed by atoms with E-state index >= 15 is 0 Å². The van der Waals surface area contributed by atoms with E-state index in [9.17, 15) is 0 Å². The zero-order valence-electron chi connectivity index (χ0n) is 8.53. The summed E-state index contributed by atoms with van der Waals surface area (Å²) in [6.45, 7) is 2.04. The molecule has 0 saturated carbocycles. The van der Waals surface area contributed by atoms with Gasteiger partial charge in [-0.15, -0.1) is 5.01 Å². The average molecular weight is 200 g/mol. The van der Waals surface area contributed by atoms with Gasteiger partial charge in [-0.2, -0.15) is 0 Å². The van der Waals surface area contributed by atoms with Gasteiger partial charge in [-0.25, -0.2) is 0 Å². The lowest BCUT2D eigenvalue weighted by atomic mass is 10.1. The summed E-state index contributed by atoms with van der Waals surface area (Å²) < 4.78 is 0. The molecule has 0 amide bonds. The average Bonchev–Trinajstić information content (AvgIpc) is 2.74. The smallest absolute Gasteiger partial charge is 0.162 e. The second-order valence-electron chi connectivity index (χ2n) is 3.90. The third-order valence-corrected chi connectivity index (χ3v) is 2.94. The molecule has 1 unspecified atom stereocenters. The van der Waals surface area contributed by atoms with Crippen LogP contribution < -0.4 is 10.3 Å². The lowest BCUT2D eigenvalue weighted by Gasteiger charge is -2.16. The number of benzene rings is 1. The summed E-state index contributed by atoms with van der Waals surface area (Å²) in [6.07, 6.45) is 3.10. The monoisotopic (exact) mass is 200 g/mol. The molecule has 0 radical (unpaired) electrons. The molecule has 2 N–H and O–H groups in total. The van der Waals surface area contributed by atoms with Gasteiger partial charge in [-0.3, -0.25) is 0 Å². The van der Waals surface area contributed by atoms with E-state index in [0.717, 1.165) is 19.5 Å². The van der Waals surface area contributed by atoms with Gasteiger partial charge in [0.15, 0.2) is 5.69 Å². The van der Waals surface area contributed by atoms with Crippen LogP contribution in [0.25, 0.3) is 0 Å². The molecule has 2 aliphatic rings. The van der Waals surface area contributed by atoms with E-state index in [1.165, 1.54) is 22.0 Å². The Morgan fingerprint density at radius 1 is 1.20 bits per heavy atom. The van der Waals surface area contributed by atoms with Crippen LogP contribution in [0, 0.1) is 0 Å². The lowest BCUT2D eigenvalue weighted by molar-refractivity contribution is -0.796. The molecule has 0 bridgehead atoms. The number of hydrogen-bond donors (Lipinski definition) is 2. The molecule has 3 nitrogen and oxygen atoms in total. The van der Waals surface area contributed by atoms with Crippen molar-refractivity contribution in [3.05, 3.63) is 41.6 Å². The zero-order valence-corrected chi connectivity index (χ0v) is 8.53. The van der Waals surface area contributed by atoms with Gasteiger partial charge < -0.3 is 5.32 Å². The zero-order chi connectivity index (χ0) is 10.1. The van der Waals surface area contributed by atoms with Gasteiger partial charge in [0.05, 0.1) is 6.21 Å². The third kappa shape index (κ3) is 1.50. The summed E-state index contributed by atoms with van der Waals surface area (Å²) in [6, 6.07) is 10.4. The maximum atomic E-state index is 4.53. The van der Waals surface area contributed by atoms with Crippen LogP contribution >= 0.6 is 0 Å². The van der Waals surface area contributed by atoms with Crippen molar-refractivity contribution in [1.82, 2.24) is 5.32 Å². The quantitative estimate of drug-likeness (QED) is 0.677. The highest BCUT2D eigenvalue weighted by atomic mass is 15.5. The minimum absolute atomic E-state index is 0.967. The van der Waals surface area contributed by atoms with Crippen molar-refractivity contribution in [2.24, 2.45) is 5.10 Å². The van der Waals surface area contributed by atoms with Crippen LogP contribution in [0.2, 0.25) is 0 Å². The summed E-state index contributed by atoms with van der Waals surface area (Å²) in [7, 11) is 0. The van der Waals surface area contributed by atoms with E-state index in [4.69, 9.17) is 0 Å². The molecular weight excluding hydrogens is 186 g/mol. The van der Waals surface area contributed by atoms with Crippen molar-refractivity contribution in [1.29, 1.82) is 0 Å². The standard InChI is InChI=1S/C12H13N3/c1-2-4-11(5-3-1)15-12-6-7-13-8-10(12)9-14-15/h1-5,9,13H,6-8H2/p+1. The van der Waals surface area contributed by atoms with Crippen molar-refractivity contribution in [2.75, 3.05) is 13.1 Å². The normalized spacial score (nSPS) is 24.4. The fourth-order valence-electron chi connectivity index (χ4n) is 2.16. The Bertz CT molecular complexity index is 420. The van der Waals surface area contributed by atoms with Crippen LogP contribution in [0.4, 0.5) is 5.69 Å². The molecule has 0 fully saturated rings. The van der Waals surface area contributed by atoms with Crippen LogP contribution in [0.3, 0.4) is 0 Å². The second kappa shape index (κ2) is 3.61. The Balaban J connectivity index is 1.96. The maximum Gasteiger partial charge on any atom is 0.162 e. The van der Waals surface area contributed by atoms with E-state index in [2.05, 4.69) is 34.7 Å². The topological polar surface area (TPSA) is 28.8 Å². The summed E-state index contributed by atoms with van der Waals surface area (Å²) >= 11 is 0. The molecule has 1 aromatic rings. The predicted molar refractivity (Wildman–Crippen MR) is 60.1 cm³/mol. The lowest BCUT2D eigenvalue weighted by Crippen LogP contribution is -2.99. The Kier molecular flexibility index (Phi) is 2.12. The Labute approximate surface area is 89.1 Å².